The summed E-state index contributed by atoms with van der Waals surface area (Å²) in [5.41, 5.74) is 4.60. The summed E-state index contributed by atoms with van der Waals surface area (Å²) >= 11 is 0. The molecule has 2 aromatic carbocycles. The Morgan fingerprint density at radius 1 is 1.14 bits per heavy atom. The number of aryl methyl sites for hydroxylation is 1. The van der Waals surface area contributed by atoms with Crippen molar-refractivity contribution in [1.82, 2.24) is 15.1 Å². The van der Waals surface area contributed by atoms with Crippen LogP contribution < -0.4 is 0 Å². The minimum atomic E-state index is -0.312. The fraction of sp³-hybridized carbons (Fsp3) is 0.273. The molecule has 3 aromatic rings. The predicted octanol–water partition coefficient (Wildman–Crippen LogP) is 3.27. The third-order valence-corrected chi connectivity index (χ3v) is 5.28. The lowest BCUT2D eigenvalue weighted by Gasteiger charge is -2.26. The van der Waals surface area contributed by atoms with E-state index in [2.05, 4.69) is 29.3 Å². The molecule has 4 rings (SSSR count). The van der Waals surface area contributed by atoms with Gasteiger partial charge in [-0.1, -0.05) is 43.3 Å². The minimum Gasteiger partial charge on any atom is -0.507 e. The van der Waals surface area contributed by atoms with Gasteiger partial charge in [0.05, 0.1) is 6.04 Å². The first-order chi connectivity index (χ1) is 13.7. The number of aliphatic hydroxyl groups excluding tert-OH is 1. The largest absolute Gasteiger partial charge is 0.507 e. The number of carbonyl (C=O) groups excluding carboxylic acids is 1. The van der Waals surface area contributed by atoms with Crippen molar-refractivity contribution in [2.24, 2.45) is 0 Å². The zero-order chi connectivity index (χ0) is 19.7. The van der Waals surface area contributed by atoms with Crippen molar-refractivity contribution >= 4 is 5.91 Å². The van der Waals surface area contributed by atoms with Crippen LogP contribution >= 0.6 is 0 Å². The zero-order valence-electron chi connectivity index (χ0n) is 15.7. The Hall–Kier alpha value is -3.12. The molecular formula is C22H23N3O3. The maximum absolute atomic E-state index is 13.0. The van der Waals surface area contributed by atoms with Crippen LogP contribution in [-0.4, -0.2) is 44.4 Å². The van der Waals surface area contributed by atoms with Gasteiger partial charge in [-0.2, -0.15) is 5.10 Å². The van der Waals surface area contributed by atoms with E-state index >= 15 is 0 Å². The molecule has 1 atom stereocenters. The van der Waals surface area contributed by atoms with E-state index in [1.54, 1.807) is 23.1 Å². The summed E-state index contributed by atoms with van der Waals surface area (Å²) in [5, 5.41) is 26.8. The van der Waals surface area contributed by atoms with E-state index in [1.165, 1.54) is 5.56 Å². The van der Waals surface area contributed by atoms with E-state index in [0.29, 0.717) is 29.9 Å². The maximum Gasteiger partial charge on any atom is 0.273 e. The number of aromatic hydroxyl groups is 1. The van der Waals surface area contributed by atoms with E-state index in [1.807, 2.05) is 18.2 Å². The van der Waals surface area contributed by atoms with E-state index < -0.39 is 0 Å². The number of carbonyl (C=O) groups is 1. The molecule has 28 heavy (non-hydrogen) atoms. The van der Waals surface area contributed by atoms with Crippen LogP contribution in [0.2, 0.25) is 0 Å². The first-order valence-corrected chi connectivity index (χ1v) is 9.53. The average molecular weight is 377 g/mol. The van der Waals surface area contributed by atoms with Crippen molar-refractivity contribution in [2.45, 2.75) is 25.8 Å². The highest BCUT2D eigenvalue weighted by Gasteiger charge is 2.42. The molecule has 2 heterocycles. The third-order valence-electron chi connectivity index (χ3n) is 5.28. The van der Waals surface area contributed by atoms with Crippen LogP contribution in [0, 0.1) is 0 Å². The standard InChI is InChI=1S/C22H23N3O3/c1-2-14-8-10-15(11-9-14)21-18-19(16-6-3-4-7-17(16)27)23-24-20(18)22(28)25(21)12-5-13-26/h3-4,6-11,21,26-27H,2,5,12-13H2,1H3,(H,23,24)/t21-/m0/s1. The topological polar surface area (TPSA) is 89.5 Å². The monoisotopic (exact) mass is 377 g/mol. The molecule has 0 radical (unpaired) electrons. The van der Waals surface area contributed by atoms with E-state index in [9.17, 15) is 15.0 Å². The highest BCUT2D eigenvalue weighted by atomic mass is 16.3. The molecule has 0 saturated carbocycles. The van der Waals surface area contributed by atoms with E-state index in [4.69, 9.17) is 0 Å². The molecular weight excluding hydrogens is 354 g/mol. The zero-order valence-corrected chi connectivity index (χ0v) is 15.7. The second-order valence-corrected chi connectivity index (χ2v) is 6.95. The van der Waals surface area contributed by atoms with Gasteiger partial charge < -0.3 is 15.1 Å². The molecule has 1 aliphatic rings. The number of phenols is 1. The summed E-state index contributed by atoms with van der Waals surface area (Å²) < 4.78 is 0. The Bertz CT molecular complexity index is 995. The lowest BCUT2D eigenvalue weighted by atomic mass is 9.95. The maximum atomic E-state index is 13.0. The number of amides is 1. The van der Waals surface area contributed by atoms with Gasteiger partial charge in [0.25, 0.3) is 5.91 Å². The first kappa shape index (κ1) is 18.3. The van der Waals surface area contributed by atoms with Crippen LogP contribution in [0.4, 0.5) is 0 Å². The second kappa shape index (κ2) is 7.48. The van der Waals surface area contributed by atoms with Gasteiger partial charge in [0.1, 0.15) is 17.1 Å². The van der Waals surface area contributed by atoms with Crippen molar-refractivity contribution < 1.29 is 15.0 Å². The molecule has 144 valence electrons. The van der Waals surface area contributed by atoms with Gasteiger partial charge in [-0.05, 0) is 36.1 Å². The number of nitrogens with one attached hydrogen (secondary N) is 1. The second-order valence-electron chi connectivity index (χ2n) is 6.95. The Morgan fingerprint density at radius 2 is 1.89 bits per heavy atom. The van der Waals surface area contributed by atoms with Gasteiger partial charge >= 0.3 is 0 Å². The molecule has 3 N–H and O–H groups in total. The van der Waals surface area contributed by atoms with Crippen LogP contribution in [0.15, 0.2) is 48.5 Å². The molecule has 0 fully saturated rings. The molecule has 0 unspecified atom stereocenters. The predicted molar refractivity (Wildman–Crippen MR) is 106 cm³/mol. The van der Waals surface area contributed by atoms with E-state index in [-0.39, 0.29) is 24.3 Å². The van der Waals surface area contributed by atoms with Crippen molar-refractivity contribution in [3.05, 3.63) is 70.9 Å². The van der Waals surface area contributed by atoms with Crippen LogP contribution in [0.3, 0.4) is 0 Å². The number of rotatable bonds is 6. The summed E-state index contributed by atoms with van der Waals surface area (Å²) in [6.45, 7) is 2.56. The first-order valence-electron chi connectivity index (χ1n) is 9.53. The number of para-hydroxylation sites is 1. The minimum absolute atomic E-state index is 0.0176. The van der Waals surface area contributed by atoms with Crippen molar-refractivity contribution in [3.8, 4) is 17.0 Å². The van der Waals surface area contributed by atoms with Crippen LogP contribution in [0.1, 0.15) is 46.6 Å². The van der Waals surface area contributed by atoms with Crippen molar-refractivity contribution in [3.63, 3.8) is 0 Å². The Balaban J connectivity index is 1.86. The average Bonchev–Trinajstić information content (AvgIpc) is 3.26. The van der Waals surface area contributed by atoms with Gasteiger partial charge in [0.2, 0.25) is 0 Å². The number of H-pyrrole nitrogens is 1. The Kier molecular flexibility index (Phi) is 4.88. The van der Waals surface area contributed by atoms with Crippen LogP contribution in [0.5, 0.6) is 5.75 Å². The third kappa shape index (κ3) is 2.96. The van der Waals surface area contributed by atoms with Gasteiger partial charge in [-0.15, -0.1) is 0 Å². The number of phenolic OH excluding ortho intramolecular Hbond substituents is 1. The lowest BCUT2D eigenvalue weighted by molar-refractivity contribution is 0.0732. The van der Waals surface area contributed by atoms with Gasteiger partial charge in [0, 0.05) is 24.3 Å². The van der Waals surface area contributed by atoms with Crippen molar-refractivity contribution in [2.75, 3.05) is 13.2 Å². The number of hydrogen-bond donors (Lipinski definition) is 3. The molecule has 0 bridgehead atoms. The number of benzene rings is 2. The summed E-state index contributed by atoms with van der Waals surface area (Å²) in [4.78, 5) is 14.8. The summed E-state index contributed by atoms with van der Waals surface area (Å²) in [7, 11) is 0. The smallest absolute Gasteiger partial charge is 0.273 e. The molecule has 1 amide bonds. The van der Waals surface area contributed by atoms with Gasteiger partial charge in [0.15, 0.2) is 0 Å². The molecule has 6 heteroatoms. The lowest BCUT2D eigenvalue weighted by Crippen LogP contribution is -2.31. The fourth-order valence-corrected chi connectivity index (χ4v) is 3.83. The van der Waals surface area contributed by atoms with Crippen LogP contribution in [-0.2, 0) is 6.42 Å². The highest BCUT2D eigenvalue weighted by Crippen LogP contribution is 2.44. The quantitative estimate of drug-likeness (QED) is 0.615. The highest BCUT2D eigenvalue weighted by molar-refractivity contribution is 6.00. The number of aromatic nitrogens is 2. The molecule has 0 aliphatic carbocycles. The van der Waals surface area contributed by atoms with E-state index in [0.717, 1.165) is 17.5 Å². The van der Waals surface area contributed by atoms with Crippen molar-refractivity contribution in [1.29, 1.82) is 0 Å². The molecule has 1 aromatic heterocycles. The summed E-state index contributed by atoms with van der Waals surface area (Å²) in [5.74, 6) is -0.0136. The number of hydrogen-bond acceptors (Lipinski definition) is 4. The number of aromatic amines is 1. The SMILES string of the molecule is CCc1ccc([C@H]2c3c(-c4ccccc4O)n[nH]c3C(=O)N2CCCO)cc1. The normalized spacial score (nSPS) is 15.9. The molecule has 0 spiro atoms. The molecule has 1 aliphatic heterocycles. The Labute approximate surface area is 163 Å². The Morgan fingerprint density at radius 3 is 2.57 bits per heavy atom. The number of nitrogens with zero attached hydrogens (tertiary/aromatic N) is 2. The molecule has 0 saturated heterocycles. The number of aliphatic hydroxyl groups is 1. The summed E-state index contributed by atoms with van der Waals surface area (Å²) in [6.07, 6.45) is 1.44. The van der Waals surface area contributed by atoms with Gasteiger partial charge in [-0.25, -0.2) is 0 Å². The number of fused-ring (bicyclic) bond motifs is 1. The summed E-state index contributed by atoms with van der Waals surface area (Å²) in [6, 6.07) is 14.9. The molecule has 6 nitrogen and oxygen atoms in total. The van der Waals surface area contributed by atoms with Gasteiger partial charge in [-0.3, -0.25) is 9.89 Å². The fourth-order valence-electron chi connectivity index (χ4n) is 3.83. The van der Waals surface area contributed by atoms with Crippen LogP contribution in [0.25, 0.3) is 11.3 Å².